The van der Waals surface area contributed by atoms with E-state index in [1.807, 2.05) is 60.4 Å². The number of aryl methyl sites for hydroxylation is 1. The third-order valence-corrected chi connectivity index (χ3v) is 6.46. The van der Waals surface area contributed by atoms with Crippen molar-refractivity contribution >= 4 is 28.7 Å². The van der Waals surface area contributed by atoms with Gasteiger partial charge in [-0.05, 0) is 67.8 Å². The lowest BCUT2D eigenvalue weighted by atomic mass is 9.99. The zero-order valence-corrected chi connectivity index (χ0v) is 20.2. The number of fused-ring (bicyclic) bond motifs is 1. The van der Waals surface area contributed by atoms with Gasteiger partial charge in [-0.2, -0.15) is 0 Å². The van der Waals surface area contributed by atoms with Gasteiger partial charge < -0.3 is 14.7 Å². The molecule has 0 radical (unpaired) electrons. The van der Waals surface area contributed by atoms with E-state index in [4.69, 9.17) is 4.74 Å². The van der Waals surface area contributed by atoms with E-state index in [0.717, 1.165) is 41.3 Å². The summed E-state index contributed by atoms with van der Waals surface area (Å²) in [4.78, 5) is 27.1. The van der Waals surface area contributed by atoms with Gasteiger partial charge in [0.15, 0.2) is 0 Å². The van der Waals surface area contributed by atoms with Gasteiger partial charge in [0.1, 0.15) is 12.4 Å². The van der Waals surface area contributed by atoms with Gasteiger partial charge in [0.05, 0.1) is 17.2 Å². The van der Waals surface area contributed by atoms with Gasteiger partial charge in [0, 0.05) is 11.9 Å². The van der Waals surface area contributed by atoms with Gasteiger partial charge in [0.25, 0.3) is 5.91 Å². The maximum Gasteiger partial charge on any atom is 0.335 e. The topological polar surface area (TPSA) is 66.8 Å². The molecule has 35 heavy (non-hydrogen) atoms. The second-order valence-corrected chi connectivity index (χ2v) is 8.83. The second kappa shape index (κ2) is 11.0. The number of ether oxygens (including phenoxy) is 1. The van der Waals surface area contributed by atoms with E-state index >= 15 is 0 Å². The van der Waals surface area contributed by atoms with Gasteiger partial charge in [-0.15, -0.1) is 0 Å². The lowest BCUT2D eigenvalue weighted by Crippen LogP contribution is -2.41. The molecule has 4 rings (SSSR count). The molecular formula is C30H31NO4. The molecule has 0 heterocycles. The van der Waals surface area contributed by atoms with Crippen LogP contribution in [-0.2, 0) is 4.79 Å². The first-order chi connectivity index (χ1) is 17.0. The molecule has 1 unspecified atom stereocenters. The molecule has 1 atom stereocenters. The predicted molar refractivity (Wildman–Crippen MR) is 140 cm³/mol. The number of carboxylic acids is 1. The molecule has 1 aliphatic rings. The van der Waals surface area contributed by atoms with Crippen molar-refractivity contribution in [3.63, 3.8) is 0 Å². The Morgan fingerprint density at radius 1 is 1.11 bits per heavy atom. The van der Waals surface area contributed by atoms with Crippen LogP contribution >= 0.6 is 0 Å². The highest BCUT2D eigenvalue weighted by Gasteiger charge is 2.25. The minimum atomic E-state index is -0.963. The van der Waals surface area contributed by atoms with Gasteiger partial charge in [0.2, 0.25) is 0 Å². The fraction of sp³-hybridized carbons (Fsp3) is 0.267. The van der Waals surface area contributed by atoms with Crippen LogP contribution in [0.2, 0.25) is 0 Å². The minimum absolute atomic E-state index is 0.0655. The molecule has 5 heteroatoms. The number of carbonyl (C=O) groups excluding carboxylic acids is 1. The number of allylic oxidation sites excluding steroid dienone is 1. The second-order valence-electron chi connectivity index (χ2n) is 8.83. The van der Waals surface area contributed by atoms with Crippen LogP contribution in [0.4, 0.5) is 0 Å². The van der Waals surface area contributed by atoms with Crippen molar-refractivity contribution in [3.8, 4) is 5.75 Å². The summed E-state index contributed by atoms with van der Waals surface area (Å²) in [6.45, 7) is 4.46. The van der Waals surface area contributed by atoms with E-state index in [2.05, 4.69) is 12.2 Å². The van der Waals surface area contributed by atoms with Crippen molar-refractivity contribution in [1.29, 1.82) is 0 Å². The van der Waals surface area contributed by atoms with E-state index in [-0.39, 0.29) is 24.1 Å². The SMILES string of the molecule is CCN(C(=O)/C(=C/c1ccc(C(=O)O)c(C)c1)COc1cccc2ccccc12)C1C=CCCC1. The zero-order valence-electron chi connectivity index (χ0n) is 20.2. The molecule has 0 spiro atoms. The standard InChI is InChI=1S/C30H31NO4/c1-3-31(25-12-5-4-6-13-25)29(32)24(19-22-16-17-26(30(33)34)21(2)18-22)20-35-28-15-9-11-23-10-7-8-14-27(23)28/h5,7-12,14-19,25H,3-4,6,13,20H2,1-2H3,(H,33,34)/b24-19+. The Labute approximate surface area is 206 Å². The van der Waals surface area contributed by atoms with Crippen molar-refractivity contribution < 1.29 is 19.4 Å². The van der Waals surface area contributed by atoms with E-state index < -0.39 is 5.97 Å². The first-order valence-electron chi connectivity index (χ1n) is 12.1. The summed E-state index contributed by atoms with van der Waals surface area (Å²) < 4.78 is 6.22. The molecule has 1 aliphatic carbocycles. The minimum Gasteiger partial charge on any atom is -0.488 e. The molecule has 0 bridgehead atoms. The van der Waals surface area contributed by atoms with Crippen LogP contribution in [0.15, 0.2) is 78.4 Å². The Balaban J connectivity index is 1.68. The Hall–Kier alpha value is -3.86. The summed E-state index contributed by atoms with van der Waals surface area (Å²) in [7, 11) is 0. The van der Waals surface area contributed by atoms with Crippen molar-refractivity contribution in [3.05, 3.63) is 95.1 Å². The summed E-state index contributed by atoms with van der Waals surface area (Å²) in [5, 5.41) is 11.4. The number of carbonyl (C=O) groups is 2. The number of amides is 1. The highest BCUT2D eigenvalue weighted by atomic mass is 16.5. The zero-order chi connectivity index (χ0) is 24.8. The molecule has 0 saturated heterocycles. The van der Waals surface area contributed by atoms with Crippen LogP contribution in [0.3, 0.4) is 0 Å². The van der Waals surface area contributed by atoms with Crippen LogP contribution in [0.5, 0.6) is 5.75 Å². The van der Waals surface area contributed by atoms with Gasteiger partial charge >= 0.3 is 5.97 Å². The third kappa shape index (κ3) is 5.62. The van der Waals surface area contributed by atoms with Crippen LogP contribution in [0.25, 0.3) is 16.8 Å². The van der Waals surface area contributed by atoms with E-state index in [1.54, 1.807) is 25.1 Å². The maximum absolute atomic E-state index is 13.8. The average Bonchev–Trinajstić information content (AvgIpc) is 2.87. The summed E-state index contributed by atoms with van der Waals surface area (Å²) >= 11 is 0. The number of carboxylic acid groups (broad SMARTS) is 1. The first-order valence-corrected chi connectivity index (χ1v) is 12.1. The Morgan fingerprint density at radius 2 is 1.91 bits per heavy atom. The van der Waals surface area contributed by atoms with Crippen molar-refractivity contribution in [2.24, 2.45) is 0 Å². The Kier molecular flexibility index (Phi) is 7.66. The van der Waals surface area contributed by atoms with Gasteiger partial charge in [-0.3, -0.25) is 4.79 Å². The smallest absolute Gasteiger partial charge is 0.335 e. The van der Waals surface area contributed by atoms with E-state index in [0.29, 0.717) is 17.7 Å². The van der Waals surface area contributed by atoms with Crippen molar-refractivity contribution in [2.75, 3.05) is 13.2 Å². The number of rotatable bonds is 8. The molecule has 3 aromatic rings. The highest BCUT2D eigenvalue weighted by Crippen LogP contribution is 2.27. The fourth-order valence-electron chi connectivity index (χ4n) is 4.63. The number of likely N-dealkylation sites (N-methyl/N-ethyl adjacent to an activating group) is 1. The third-order valence-electron chi connectivity index (χ3n) is 6.46. The number of aromatic carboxylic acids is 1. The molecular weight excluding hydrogens is 438 g/mol. The van der Waals surface area contributed by atoms with Crippen molar-refractivity contribution in [1.82, 2.24) is 4.90 Å². The summed E-state index contributed by atoms with van der Waals surface area (Å²) in [6.07, 6.45) is 9.14. The maximum atomic E-state index is 13.8. The molecule has 5 nitrogen and oxygen atoms in total. The number of hydrogen-bond donors (Lipinski definition) is 1. The predicted octanol–water partition coefficient (Wildman–Crippen LogP) is 6.27. The van der Waals surface area contributed by atoms with E-state index in [1.165, 1.54) is 0 Å². The molecule has 1 amide bonds. The molecule has 0 fully saturated rings. The molecule has 180 valence electrons. The Morgan fingerprint density at radius 3 is 2.63 bits per heavy atom. The van der Waals surface area contributed by atoms with Crippen LogP contribution in [0, 0.1) is 6.92 Å². The number of benzene rings is 3. The lowest BCUT2D eigenvalue weighted by molar-refractivity contribution is -0.128. The molecule has 3 aromatic carbocycles. The molecule has 0 aliphatic heterocycles. The monoisotopic (exact) mass is 469 g/mol. The van der Waals surface area contributed by atoms with Crippen molar-refractivity contribution in [2.45, 2.75) is 39.2 Å². The lowest BCUT2D eigenvalue weighted by Gasteiger charge is -2.31. The van der Waals surface area contributed by atoms with Gasteiger partial charge in [-0.1, -0.05) is 60.7 Å². The number of hydrogen-bond acceptors (Lipinski definition) is 3. The quantitative estimate of drug-likeness (QED) is 0.312. The van der Waals surface area contributed by atoms with Crippen LogP contribution in [-0.4, -0.2) is 41.1 Å². The van der Waals surface area contributed by atoms with E-state index in [9.17, 15) is 14.7 Å². The summed E-state index contributed by atoms with van der Waals surface area (Å²) in [5.41, 5.74) is 2.20. The van der Waals surface area contributed by atoms with Crippen LogP contribution in [0.1, 0.15) is 47.7 Å². The average molecular weight is 470 g/mol. The molecule has 0 aromatic heterocycles. The first kappa shape index (κ1) is 24.3. The molecule has 1 N–H and O–H groups in total. The summed E-state index contributed by atoms with van der Waals surface area (Å²) in [6, 6.07) is 19.1. The molecule has 0 saturated carbocycles. The number of nitrogens with zero attached hydrogens (tertiary/aromatic N) is 1. The Bertz CT molecular complexity index is 1290. The summed E-state index contributed by atoms with van der Waals surface area (Å²) in [5.74, 6) is -0.307. The largest absolute Gasteiger partial charge is 0.488 e. The normalized spacial score (nSPS) is 15.7. The fourth-order valence-corrected chi connectivity index (χ4v) is 4.63. The van der Waals surface area contributed by atoms with Crippen LogP contribution < -0.4 is 4.74 Å². The van der Waals surface area contributed by atoms with Gasteiger partial charge in [-0.25, -0.2) is 4.79 Å². The highest BCUT2D eigenvalue weighted by molar-refractivity contribution is 5.99.